The van der Waals surface area contributed by atoms with Gasteiger partial charge < -0.3 is 0 Å². The Balaban J connectivity index is 2.43. The number of rotatable bonds is 4. The molecule has 0 amide bonds. The van der Waals surface area contributed by atoms with Crippen molar-refractivity contribution >= 4 is 11.6 Å². The summed E-state index contributed by atoms with van der Waals surface area (Å²) in [5.41, 5.74) is 2.58. The highest BCUT2D eigenvalue weighted by Gasteiger charge is 2.22. The lowest BCUT2D eigenvalue weighted by Crippen LogP contribution is -2.22. The molecular weight excluding hydrogens is 266 g/mol. The van der Waals surface area contributed by atoms with E-state index in [1.54, 1.807) is 28.9 Å². The normalized spacial score (nSPS) is 12.4. The Morgan fingerprint density at radius 1 is 1.37 bits per heavy atom. The third-order valence-corrected chi connectivity index (χ3v) is 3.17. The minimum absolute atomic E-state index is 0.205. The van der Waals surface area contributed by atoms with E-state index < -0.39 is 6.04 Å². The fraction of sp³-hybridized carbons (Fsp3) is 0.308. The highest BCUT2D eigenvalue weighted by molar-refractivity contribution is 6.30. The van der Waals surface area contributed by atoms with Crippen molar-refractivity contribution in [3.63, 3.8) is 0 Å². The van der Waals surface area contributed by atoms with Crippen LogP contribution in [0.5, 0.6) is 0 Å². The Bertz CT molecular complexity index is 592. The first-order chi connectivity index (χ1) is 8.97. The third-order valence-electron chi connectivity index (χ3n) is 2.92. The molecule has 0 unspecified atom stereocenters. The van der Waals surface area contributed by atoms with E-state index in [1.807, 2.05) is 19.9 Å². The number of aryl methyl sites for hydroxylation is 2. The van der Waals surface area contributed by atoms with Crippen LogP contribution in [0.1, 0.15) is 23.0 Å². The maximum atomic E-state index is 10.9. The molecule has 0 aliphatic carbocycles. The van der Waals surface area contributed by atoms with Crippen LogP contribution >= 0.6 is 11.6 Å². The monoisotopic (exact) mass is 279 g/mol. The van der Waals surface area contributed by atoms with Gasteiger partial charge in [-0.1, -0.05) is 23.7 Å². The van der Waals surface area contributed by atoms with E-state index in [9.17, 15) is 10.1 Å². The highest BCUT2D eigenvalue weighted by atomic mass is 35.5. The molecule has 0 aliphatic heterocycles. The van der Waals surface area contributed by atoms with Crippen LogP contribution in [0.15, 0.2) is 30.3 Å². The van der Waals surface area contributed by atoms with Crippen molar-refractivity contribution in [1.82, 2.24) is 9.78 Å². The van der Waals surface area contributed by atoms with Gasteiger partial charge in [-0.15, -0.1) is 0 Å². The number of hydrogen-bond donors (Lipinski definition) is 0. The third kappa shape index (κ3) is 3.12. The number of nitrogens with zero attached hydrogens (tertiary/aromatic N) is 3. The van der Waals surface area contributed by atoms with Gasteiger partial charge in [-0.3, -0.25) is 14.8 Å². The zero-order valence-corrected chi connectivity index (χ0v) is 11.5. The Morgan fingerprint density at radius 3 is 2.47 bits per heavy atom. The molecular formula is C13H14ClN3O2. The summed E-state index contributed by atoms with van der Waals surface area (Å²) < 4.78 is 1.70. The van der Waals surface area contributed by atoms with Crippen molar-refractivity contribution in [1.29, 1.82) is 0 Å². The number of hydrogen-bond acceptors (Lipinski definition) is 3. The quantitative estimate of drug-likeness (QED) is 0.638. The van der Waals surface area contributed by atoms with E-state index in [0.717, 1.165) is 17.0 Å². The van der Waals surface area contributed by atoms with Gasteiger partial charge >= 0.3 is 0 Å². The summed E-state index contributed by atoms with van der Waals surface area (Å²) in [6.07, 6.45) is 0. The fourth-order valence-electron chi connectivity index (χ4n) is 2.11. The maximum Gasteiger partial charge on any atom is 0.230 e. The standard InChI is InChI=1S/C13H14ClN3O2/c1-9-7-10(2)17(15-9)13(8-16(18)19)11-3-5-12(14)6-4-11/h3-7,13H,8H2,1-2H3/t13-/m0/s1. The van der Waals surface area contributed by atoms with Crippen LogP contribution in [0.2, 0.25) is 5.02 Å². The summed E-state index contributed by atoms with van der Waals surface area (Å²) in [6, 6.07) is 8.55. The summed E-state index contributed by atoms with van der Waals surface area (Å²) in [5.74, 6) is 0. The minimum atomic E-state index is -0.416. The van der Waals surface area contributed by atoms with Gasteiger partial charge in [-0.2, -0.15) is 5.10 Å². The number of benzene rings is 1. The van der Waals surface area contributed by atoms with E-state index in [0.29, 0.717) is 5.02 Å². The van der Waals surface area contributed by atoms with Crippen molar-refractivity contribution in [2.75, 3.05) is 6.54 Å². The summed E-state index contributed by atoms with van der Waals surface area (Å²) in [5, 5.41) is 15.8. The van der Waals surface area contributed by atoms with Crippen LogP contribution in [-0.4, -0.2) is 21.2 Å². The Kier molecular flexibility index (Phi) is 3.85. The molecule has 6 heteroatoms. The molecule has 0 bridgehead atoms. The molecule has 0 saturated heterocycles. The number of nitro groups is 1. The van der Waals surface area contributed by atoms with Crippen LogP contribution in [0, 0.1) is 24.0 Å². The molecule has 0 aliphatic rings. The first kappa shape index (κ1) is 13.5. The van der Waals surface area contributed by atoms with Crippen molar-refractivity contribution in [3.8, 4) is 0 Å². The van der Waals surface area contributed by atoms with E-state index in [2.05, 4.69) is 5.10 Å². The summed E-state index contributed by atoms with van der Waals surface area (Å²) in [6.45, 7) is 3.56. The molecule has 100 valence electrons. The van der Waals surface area contributed by atoms with Crippen LogP contribution < -0.4 is 0 Å². The fourth-order valence-corrected chi connectivity index (χ4v) is 2.24. The maximum absolute atomic E-state index is 10.9. The lowest BCUT2D eigenvalue weighted by molar-refractivity contribution is -0.484. The predicted molar refractivity (Wildman–Crippen MR) is 73.2 cm³/mol. The van der Waals surface area contributed by atoms with Gasteiger partial charge in [0, 0.05) is 15.6 Å². The first-order valence-electron chi connectivity index (χ1n) is 5.87. The molecule has 1 heterocycles. The average Bonchev–Trinajstić information content (AvgIpc) is 2.66. The van der Waals surface area contributed by atoms with Gasteiger partial charge in [0.2, 0.25) is 6.54 Å². The second kappa shape index (κ2) is 5.40. The topological polar surface area (TPSA) is 61.0 Å². The first-order valence-corrected chi connectivity index (χ1v) is 6.25. The van der Waals surface area contributed by atoms with Crippen LogP contribution in [0.3, 0.4) is 0 Å². The Morgan fingerprint density at radius 2 is 2.00 bits per heavy atom. The summed E-state index contributed by atoms with van der Waals surface area (Å²) in [7, 11) is 0. The van der Waals surface area contributed by atoms with Crippen molar-refractivity contribution < 1.29 is 4.92 Å². The zero-order valence-electron chi connectivity index (χ0n) is 10.7. The zero-order chi connectivity index (χ0) is 14.0. The molecule has 0 N–H and O–H groups in total. The molecule has 0 saturated carbocycles. The molecule has 2 aromatic rings. The van der Waals surface area contributed by atoms with Crippen LogP contribution in [0.4, 0.5) is 0 Å². The lowest BCUT2D eigenvalue weighted by Gasteiger charge is -2.16. The van der Waals surface area contributed by atoms with E-state index in [-0.39, 0.29) is 11.5 Å². The van der Waals surface area contributed by atoms with Crippen LogP contribution in [0.25, 0.3) is 0 Å². The molecule has 1 atom stereocenters. The van der Waals surface area contributed by atoms with Gasteiger partial charge in [-0.05, 0) is 37.6 Å². The minimum Gasteiger partial charge on any atom is -0.264 e. The van der Waals surface area contributed by atoms with Crippen LogP contribution in [-0.2, 0) is 0 Å². The second-order valence-corrected chi connectivity index (χ2v) is 4.89. The van der Waals surface area contributed by atoms with Gasteiger partial charge in [0.05, 0.1) is 5.69 Å². The SMILES string of the molecule is Cc1cc(C)n([C@@H](C[N+](=O)[O-])c2ccc(Cl)cc2)n1. The molecule has 5 nitrogen and oxygen atoms in total. The molecule has 19 heavy (non-hydrogen) atoms. The smallest absolute Gasteiger partial charge is 0.230 e. The van der Waals surface area contributed by atoms with Gasteiger partial charge in [-0.25, -0.2) is 0 Å². The summed E-state index contributed by atoms with van der Waals surface area (Å²) in [4.78, 5) is 10.6. The number of aromatic nitrogens is 2. The Hall–Kier alpha value is -1.88. The lowest BCUT2D eigenvalue weighted by atomic mass is 10.1. The molecule has 1 aromatic heterocycles. The summed E-state index contributed by atoms with van der Waals surface area (Å²) >= 11 is 5.85. The van der Waals surface area contributed by atoms with Crippen molar-refractivity contribution in [2.24, 2.45) is 0 Å². The van der Waals surface area contributed by atoms with E-state index in [1.165, 1.54) is 0 Å². The average molecular weight is 280 g/mol. The van der Waals surface area contributed by atoms with E-state index in [4.69, 9.17) is 11.6 Å². The van der Waals surface area contributed by atoms with Gasteiger partial charge in [0.15, 0.2) is 0 Å². The molecule has 0 radical (unpaired) electrons. The Labute approximate surface area is 116 Å². The predicted octanol–water partition coefficient (Wildman–Crippen LogP) is 3.02. The second-order valence-electron chi connectivity index (χ2n) is 4.45. The molecule has 0 fully saturated rings. The van der Waals surface area contributed by atoms with E-state index >= 15 is 0 Å². The van der Waals surface area contributed by atoms with Crippen molar-refractivity contribution in [2.45, 2.75) is 19.9 Å². The van der Waals surface area contributed by atoms with Gasteiger partial charge in [0.1, 0.15) is 6.04 Å². The number of halogens is 1. The molecule has 2 rings (SSSR count). The largest absolute Gasteiger partial charge is 0.264 e. The molecule has 1 aromatic carbocycles. The highest BCUT2D eigenvalue weighted by Crippen LogP contribution is 2.22. The van der Waals surface area contributed by atoms with Gasteiger partial charge in [0.25, 0.3) is 0 Å². The van der Waals surface area contributed by atoms with Crippen molar-refractivity contribution in [3.05, 3.63) is 62.4 Å². The molecule has 0 spiro atoms.